The fourth-order valence-electron chi connectivity index (χ4n) is 1.80. The number of aryl methyl sites for hydroxylation is 1. The van der Waals surface area contributed by atoms with E-state index in [1.165, 1.54) is 0 Å². The zero-order valence-corrected chi connectivity index (χ0v) is 11.4. The molecule has 0 aliphatic heterocycles. The van der Waals surface area contributed by atoms with Crippen LogP contribution in [0.3, 0.4) is 0 Å². The number of hydrogen-bond donors (Lipinski definition) is 2. The first kappa shape index (κ1) is 15.0. The van der Waals surface area contributed by atoms with E-state index in [2.05, 4.69) is 5.32 Å². The van der Waals surface area contributed by atoms with E-state index in [1.807, 2.05) is 32.0 Å². The van der Waals surface area contributed by atoms with Crippen molar-refractivity contribution in [1.29, 1.82) is 0 Å². The topological polar surface area (TPSA) is 75.6 Å². The average Bonchev–Trinajstić information content (AvgIpc) is 2.36. The first-order valence-electron chi connectivity index (χ1n) is 6.09. The SMILES string of the molecule is COc1ccc(C)cc1C(C)NC(=O)CCC(=O)O. The Hall–Kier alpha value is -2.04. The van der Waals surface area contributed by atoms with Crippen LogP contribution in [-0.4, -0.2) is 24.1 Å². The van der Waals surface area contributed by atoms with Crippen molar-refractivity contribution >= 4 is 11.9 Å². The van der Waals surface area contributed by atoms with Gasteiger partial charge in [-0.2, -0.15) is 0 Å². The fraction of sp³-hybridized carbons (Fsp3) is 0.429. The molecular formula is C14H19NO4. The summed E-state index contributed by atoms with van der Waals surface area (Å²) in [6, 6.07) is 5.50. The van der Waals surface area contributed by atoms with Gasteiger partial charge in [0.2, 0.25) is 5.91 Å². The van der Waals surface area contributed by atoms with Gasteiger partial charge in [-0.1, -0.05) is 17.7 Å². The molecule has 19 heavy (non-hydrogen) atoms. The highest BCUT2D eigenvalue weighted by Crippen LogP contribution is 2.26. The van der Waals surface area contributed by atoms with E-state index in [4.69, 9.17) is 9.84 Å². The number of nitrogens with one attached hydrogen (secondary N) is 1. The molecule has 104 valence electrons. The molecule has 0 heterocycles. The molecule has 0 bridgehead atoms. The summed E-state index contributed by atoms with van der Waals surface area (Å²) < 4.78 is 5.26. The molecule has 0 spiro atoms. The summed E-state index contributed by atoms with van der Waals surface area (Å²) in [6.07, 6.45) is -0.183. The number of carbonyl (C=O) groups excluding carboxylic acids is 1. The molecule has 1 aromatic rings. The number of rotatable bonds is 6. The van der Waals surface area contributed by atoms with Crippen LogP contribution in [0.5, 0.6) is 5.75 Å². The van der Waals surface area contributed by atoms with Gasteiger partial charge in [0.25, 0.3) is 0 Å². The van der Waals surface area contributed by atoms with E-state index in [0.29, 0.717) is 5.75 Å². The van der Waals surface area contributed by atoms with E-state index >= 15 is 0 Å². The number of benzene rings is 1. The molecule has 1 rings (SSSR count). The van der Waals surface area contributed by atoms with Crippen molar-refractivity contribution in [3.8, 4) is 5.75 Å². The second-order valence-electron chi connectivity index (χ2n) is 4.43. The first-order valence-corrected chi connectivity index (χ1v) is 6.09. The Bertz CT molecular complexity index is 471. The molecule has 0 saturated carbocycles. The average molecular weight is 265 g/mol. The first-order chi connectivity index (χ1) is 8.93. The predicted molar refractivity (Wildman–Crippen MR) is 71.2 cm³/mol. The van der Waals surface area contributed by atoms with Crippen molar-refractivity contribution in [2.45, 2.75) is 32.7 Å². The summed E-state index contributed by atoms with van der Waals surface area (Å²) >= 11 is 0. The molecule has 0 aliphatic rings. The van der Waals surface area contributed by atoms with E-state index in [0.717, 1.165) is 11.1 Å². The number of carboxylic acid groups (broad SMARTS) is 1. The summed E-state index contributed by atoms with van der Waals surface area (Å²) in [7, 11) is 1.58. The Labute approximate surface area is 112 Å². The van der Waals surface area contributed by atoms with Crippen molar-refractivity contribution in [2.24, 2.45) is 0 Å². The molecule has 2 N–H and O–H groups in total. The lowest BCUT2D eigenvalue weighted by atomic mass is 10.0. The van der Waals surface area contributed by atoms with Crippen LogP contribution in [0.15, 0.2) is 18.2 Å². The molecule has 0 fully saturated rings. The molecule has 0 radical (unpaired) electrons. The van der Waals surface area contributed by atoms with Crippen LogP contribution in [0.4, 0.5) is 0 Å². The molecule has 0 aliphatic carbocycles. The lowest BCUT2D eigenvalue weighted by molar-refractivity contribution is -0.138. The smallest absolute Gasteiger partial charge is 0.303 e. The molecule has 1 aromatic carbocycles. The minimum absolute atomic E-state index is 0.0200. The Morgan fingerprint density at radius 2 is 2.05 bits per heavy atom. The number of aliphatic carboxylic acids is 1. The summed E-state index contributed by atoms with van der Waals surface area (Å²) in [5, 5.41) is 11.3. The molecular weight excluding hydrogens is 246 g/mol. The summed E-state index contributed by atoms with van der Waals surface area (Å²) in [5.74, 6) is -0.550. The number of carboxylic acids is 1. The quantitative estimate of drug-likeness (QED) is 0.825. The van der Waals surface area contributed by atoms with Crippen molar-refractivity contribution in [3.63, 3.8) is 0 Å². The Morgan fingerprint density at radius 3 is 2.63 bits per heavy atom. The highest BCUT2D eigenvalue weighted by molar-refractivity contribution is 5.80. The normalized spacial score (nSPS) is 11.7. The van der Waals surface area contributed by atoms with Crippen molar-refractivity contribution in [3.05, 3.63) is 29.3 Å². The van der Waals surface area contributed by atoms with Crippen LogP contribution in [0.1, 0.15) is 36.9 Å². The van der Waals surface area contributed by atoms with E-state index in [9.17, 15) is 9.59 Å². The van der Waals surface area contributed by atoms with Crippen LogP contribution in [0, 0.1) is 6.92 Å². The second-order valence-corrected chi connectivity index (χ2v) is 4.43. The molecule has 5 heteroatoms. The molecule has 1 unspecified atom stereocenters. The largest absolute Gasteiger partial charge is 0.496 e. The lowest BCUT2D eigenvalue weighted by Crippen LogP contribution is -2.27. The predicted octanol–water partition coefficient (Wildman–Crippen LogP) is 2.05. The minimum Gasteiger partial charge on any atom is -0.496 e. The summed E-state index contributed by atoms with van der Waals surface area (Å²) in [6.45, 7) is 3.80. The van der Waals surface area contributed by atoms with E-state index < -0.39 is 5.97 Å². The Balaban J connectivity index is 2.72. The Morgan fingerprint density at radius 1 is 1.37 bits per heavy atom. The zero-order chi connectivity index (χ0) is 14.4. The van der Waals surface area contributed by atoms with Gasteiger partial charge in [-0.25, -0.2) is 0 Å². The third-order valence-corrected chi connectivity index (χ3v) is 2.80. The van der Waals surface area contributed by atoms with Gasteiger partial charge in [0.05, 0.1) is 19.6 Å². The van der Waals surface area contributed by atoms with Crippen LogP contribution in [0.25, 0.3) is 0 Å². The van der Waals surface area contributed by atoms with Crippen LogP contribution in [0.2, 0.25) is 0 Å². The van der Waals surface area contributed by atoms with Gasteiger partial charge in [-0.15, -0.1) is 0 Å². The fourth-order valence-corrected chi connectivity index (χ4v) is 1.80. The number of amides is 1. The van der Waals surface area contributed by atoms with Crippen molar-refractivity contribution < 1.29 is 19.4 Å². The van der Waals surface area contributed by atoms with Crippen molar-refractivity contribution in [1.82, 2.24) is 5.32 Å². The van der Waals surface area contributed by atoms with Gasteiger partial charge >= 0.3 is 5.97 Å². The van der Waals surface area contributed by atoms with Gasteiger partial charge < -0.3 is 15.2 Å². The molecule has 0 aromatic heterocycles. The maximum atomic E-state index is 11.6. The van der Waals surface area contributed by atoms with Crippen LogP contribution in [-0.2, 0) is 9.59 Å². The molecule has 1 atom stereocenters. The third kappa shape index (κ3) is 4.62. The van der Waals surface area contributed by atoms with Gasteiger partial charge in [0, 0.05) is 12.0 Å². The maximum absolute atomic E-state index is 11.6. The van der Waals surface area contributed by atoms with Gasteiger partial charge in [0.1, 0.15) is 5.75 Å². The van der Waals surface area contributed by atoms with Gasteiger partial charge in [0.15, 0.2) is 0 Å². The standard InChI is InChI=1S/C14H19NO4/c1-9-4-5-12(19-3)11(8-9)10(2)15-13(16)6-7-14(17)18/h4-5,8,10H,6-7H2,1-3H3,(H,15,16)(H,17,18). The third-order valence-electron chi connectivity index (χ3n) is 2.80. The molecule has 1 amide bonds. The van der Waals surface area contributed by atoms with E-state index in [-0.39, 0.29) is 24.8 Å². The maximum Gasteiger partial charge on any atom is 0.303 e. The minimum atomic E-state index is -0.976. The Kier molecular flexibility index (Phi) is 5.36. The monoisotopic (exact) mass is 265 g/mol. The summed E-state index contributed by atoms with van der Waals surface area (Å²) in [5.41, 5.74) is 1.95. The number of hydrogen-bond acceptors (Lipinski definition) is 3. The number of carbonyl (C=O) groups is 2. The summed E-state index contributed by atoms with van der Waals surface area (Å²) in [4.78, 5) is 22.0. The number of methoxy groups -OCH3 is 1. The highest BCUT2D eigenvalue weighted by Gasteiger charge is 2.14. The second kappa shape index (κ2) is 6.78. The van der Waals surface area contributed by atoms with Gasteiger partial charge in [-0.05, 0) is 19.9 Å². The zero-order valence-electron chi connectivity index (χ0n) is 11.4. The van der Waals surface area contributed by atoms with Crippen molar-refractivity contribution in [2.75, 3.05) is 7.11 Å². The lowest BCUT2D eigenvalue weighted by Gasteiger charge is -2.17. The number of ether oxygens (including phenoxy) is 1. The highest BCUT2D eigenvalue weighted by atomic mass is 16.5. The molecule has 0 saturated heterocycles. The van der Waals surface area contributed by atoms with E-state index in [1.54, 1.807) is 7.11 Å². The van der Waals surface area contributed by atoms with Crippen LogP contribution < -0.4 is 10.1 Å². The molecule has 5 nitrogen and oxygen atoms in total. The van der Waals surface area contributed by atoms with Crippen LogP contribution >= 0.6 is 0 Å². The van der Waals surface area contributed by atoms with Gasteiger partial charge in [-0.3, -0.25) is 9.59 Å².